The lowest BCUT2D eigenvalue weighted by Crippen LogP contribution is -2.16. The van der Waals surface area contributed by atoms with Gasteiger partial charge < -0.3 is 20.8 Å². The Balaban J connectivity index is -0.000000155. The molecule has 0 heterocycles. The van der Waals surface area contributed by atoms with Crippen LogP contribution in [-0.2, 0) is 0 Å². The number of rotatable bonds is 3. The van der Waals surface area contributed by atoms with Crippen LogP contribution < -0.4 is 5.73 Å². The molecule has 0 rings (SSSR count). The van der Waals surface area contributed by atoms with Crippen molar-refractivity contribution in [3.8, 4) is 0 Å². The zero-order valence-electron chi connectivity index (χ0n) is 11.2. The zero-order valence-corrected chi connectivity index (χ0v) is 11.2. The monoisotopic (exact) mass is 222 g/mol. The molecule has 0 aromatic heterocycles. The number of aliphatic hydroxyl groups is 2. The van der Waals surface area contributed by atoms with Gasteiger partial charge in [-0.15, -0.1) is 0 Å². The summed E-state index contributed by atoms with van der Waals surface area (Å²) in [4.78, 5) is 2.13. The summed E-state index contributed by atoms with van der Waals surface area (Å²) < 4.78 is 0. The van der Waals surface area contributed by atoms with Crippen molar-refractivity contribution >= 4 is 0 Å². The van der Waals surface area contributed by atoms with Crippen LogP contribution >= 0.6 is 0 Å². The highest BCUT2D eigenvalue weighted by Gasteiger charge is 1.83. The van der Waals surface area contributed by atoms with Crippen LogP contribution in [0.25, 0.3) is 0 Å². The van der Waals surface area contributed by atoms with Crippen LogP contribution in [0.15, 0.2) is 0 Å². The topological polar surface area (TPSA) is 69.7 Å². The molecule has 0 saturated heterocycles. The maximum absolute atomic E-state index is 8.06. The first-order valence-corrected chi connectivity index (χ1v) is 5.44. The van der Waals surface area contributed by atoms with E-state index < -0.39 is 0 Å². The van der Waals surface area contributed by atoms with Crippen LogP contribution in [0, 0.1) is 0 Å². The van der Waals surface area contributed by atoms with E-state index in [1.807, 2.05) is 0 Å². The number of nitrogens with two attached hydrogens (primary N) is 1. The van der Waals surface area contributed by atoms with Crippen molar-refractivity contribution in [2.45, 2.75) is 46.3 Å². The third-order valence-electron chi connectivity index (χ3n) is 0.809. The fourth-order valence-electron chi connectivity index (χ4n) is 0.408. The Morgan fingerprint density at radius 1 is 1.00 bits per heavy atom. The molecule has 0 aliphatic carbocycles. The third-order valence-corrected chi connectivity index (χ3v) is 0.809. The summed E-state index contributed by atoms with van der Waals surface area (Å²) in [5.41, 5.74) is 5.25. The summed E-state index contributed by atoms with van der Waals surface area (Å²) in [6, 6.07) is 0. The molecule has 15 heavy (non-hydrogen) atoms. The number of hydrogen-bond donors (Lipinski definition) is 3. The molecule has 4 heteroatoms. The Morgan fingerprint density at radius 3 is 1.33 bits per heavy atom. The van der Waals surface area contributed by atoms with E-state index in [1.54, 1.807) is 27.7 Å². The molecule has 0 fully saturated rings. The summed E-state index contributed by atoms with van der Waals surface area (Å²) in [6.45, 7) is 8.80. The van der Waals surface area contributed by atoms with Gasteiger partial charge in [0.1, 0.15) is 0 Å². The van der Waals surface area contributed by atoms with Crippen LogP contribution in [0.2, 0.25) is 0 Å². The fourth-order valence-corrected chi connectivity index (χ4v) is 0.408. The van der Waals surface area contributed by atoms with Crippen LogP contribution in [0.1, 0.15) is 34.1 Å². The lowest BCUT2D eigenvalue weighted by molar-refractivity contribution is 0.215. The van der Waals surface area contributed by atoms with Crippen molar-refractivity contribution in [3.63, 3.8) is 0 Å². The first-order valence-electron chi connectivity index (χ1n) is 5.44. The molecular formula is C11H30N2O2. The molecular weight excluding hydrogens is 192 g/mol. The maximum Gasteiger partial charge on any atom is 0.0483 e. The summed E-state index contributed by atoms with van der Waals surface area (Å²) in [5.74, 6) is 0. The van der Waals surface area contributed by atoms with Gasteiger partial charge in [0.2, 0.25) is 0 Å². The van der Waals surface area contributed by atoms with Gasteiger partial charge in [-0.1, -0.05) is 0 Å². The molecule has 0 amide bonds. The Morgan fingerprint density at radius 2 is 1.27 bits per heavy atom. The van der Waals surface area contributed by atoms with Gasteiger partial charge >= 0.3 is 0 Å². The van der Waals surface area contributed by atoms with Crippen LogP contribution in [0.5, 0.6) is 0 Å². The summed E-state index contributed by atoms with van der Waals surface area (Å²) >= 11 is 0. The lowest BCUT2D eigenvalue weighted by Gasteiger charge is -2.05. The average molecular weight is 222 g/mol. The molecule has 4 nitrogen and oxygen atoms in total. The largest absolute Gasteiger partial charge is 0.394 e. The third kappa shape index (κ3) is 132. The molecule has 0 saturated carbocycles. The fraction of sp³-hybridized carbons (Fsp3) is 1.00. The van der Waals surface area contributed by atoms with Gasteiger partial charge in [-0.3, -0.25) is 0 Å². The van der Waals surface area contributed by atoms with Gasteiger partial charge in [-0.2, -0.15) is 0 Å². The molecule has 0 aliphatic rings. The molecule has 0 spiro atoms. The normalized spacial score (nSPS) is 9.60. The minimum absolute atomic E-state index is 0.167. The van der Waals surface area contributed by atoms with Gasteiger partial charge in [-0.05, 0) is 61.3 Å². The van der Waals surface area contributed by atoms with Gasteiger partial charge in [0, 0.05) is 12.2 Å². The highest BCUT2D eigenvalue weighted by atomic mass is 16.3. The second-order valence-electron chi connectivity index (χ2n) is 4.13. The molecule has 0 unspecified atom stereocenters. The van der Waals surface area contributed by atoms with Crippen molar-refractivity contribution in [3.05, 3.63) is 0 Å². The molecule has 0 aromatic rings. The predicted molar refractivity (Wildman–Crippen MR) is 66.9 cm³/mol. The molecule has 0 bridgehead atoms. The predicted octanol–water partition coefficient (Wildman–Crippen LogP) is 0.671. The lowest BCUT2D eigenvalue weighted by atomic mass is 10.4. The minimum atomic E-state index is -0.167. The van der Waals surface area contributed by atoms with E-state index in [0.717, 1.165) is 19.5 Å². The van der Waals surface area contributed by atoms with E-state index in [4.69, 9.17) is 15.9 Å². The second-order valence-corrected chi connectivity index (χ2v) is 4.13. The van der Waals surface area contributed by atoms with Gasteiger partial charge in [0.15, 0.2) is 0 Å². The highest BCUT2D eigenvalue weighted by molar-refractivity contribution is 4.42. The first kappa shape index (κ1) is 20.3. The van der Waals surface area contributed by atoms with Crippen molar-refractivity contribution in [2.24, 2.45) is 5.73 Å². The van der Waals surface area contributed by atoms with Gasteiger partial charge in [-0.25, -0.2) is 0 Å². The number of nitrogens with zero attached hydrogens (tertiary/aromatic N) is 1. The van der Waals surface area contributed by atoms with E-state index in [2.05, 4.69) is 19.0 Å². The van der Waals surface area contributed by atoms with E-state index in [1.165, 1.54) is 0 Å². The Bertz CT molecular complexity index is 85.1. The number of hydrogen-bond acceptors (Lipinski definition) is 4. The Hall–Kier alpha value is -0.160. The Labute approximate surface area is 95.1 Å². The van der Waals surface area contributed by atoms with Crippen LogP contribution in [0.3, 0.4) is 0 Å². The van der Waals surface area contributed by atoms with Crippen molar-refractivity contribution < 1.29 is 10.2 Å². The van der Waals surface area contributed by atoms with Crippen molar-refractivity contribution in [2.75, 3.05) is 27.2 Å². The van der Waals surface area contributed by atoms with E-state index >= 15 is 0 Å². The first-order chi connectivity index (χ1) is 6.73. The molecule has 0 aliphatic heterocycles. The van der Waals surface area contributed by atoms with E-state index in [9.17, 15) is 0 Å². The average Bonchev–Trinajstić information content (AvgIpc) is 1.98. The van der Waals surface area contributed by atoms with E-state index in [-0.39, 0.29) is 12.2 Å². The van der Waals surface area contributed by atoms with Gasteiger partial charge in [0.25, 0.3) is 0 Å². The molecule has 0 atom stereocenters. The summed E-state index contributed by atoms with van der Waals surface area (Å²) in [6.07, 6.45) is 0.771. The SMILES string of the molecule is CC(C)O.CC(C)O.CN(C)CCCN. The Kier molecular flexibility index (Phi) is 22.0. The summed E-state index contributed by atoms with van der Waals surface area (Å²) in [7, 11) is 4.10. The zero-order chi connectivity index (χ0) is 12.9. The van der Waals surface area contributed by atoms with Crippen molar-refractivity contribution in [1.82, 2.24) is 4.90 Å². The summed E-state index contributed by atoms with van der Waals surface area (Å²) in [5, 5.41) is 16.1. The molecule has 0 aromatic carbocycles. The molecule has 4 N–H and O–H groups in total. The smallest absolute Gasteiger partial charge is 0.0483 e. The molecule has 0 radical (unpaired) electrons. The van der Waals surface area contributed by atoms with Gasteiger partial charge in [0.05, 0.1) is 0 Å². The van der Waals surface area contributed by atoms with Crippen molar-refractivity contribution in [1.29, 1.82) is 0 Å². The highest BCUT2D eigenvalue weighted by Crippen LogP contribution is 1.76. The molecule has 96 valence electrons. The number of aliphatic hydroxyl groups excluding tert-OH is 2. The minimum Gasteiger partial charge on any atom is -0.394 e. The standard InChI is InChI=1S/C5H14N2.2C3H8O/c1-7(2)5-3-4-6;2*1-3(2)4/h3-6H2,1-2H3;2*3-4H,1-2H3. The maximum atomic E-state index is 8.06. The second kappa shape index (κ2) is 16.3. The quantitative estimate of drug-likeness (QED) is 0.656. The van der Waals surface area contributed by atoms with Crippen LogP contribution in [-0.4, -0.2) is 54.5 Å². The van der Waals surface area contributed by atoms with E-state index in [0.29, 0.717) is 0 Å². The van der Waals surface area contributed by atoms with Crippen LogP contribution in [0.4, 0.5) is 0 Å².